The van der Waals surface area contributed by atoms with Gasteiger partial charge in [-0.25, -0.2) is 4.98 Å². The minimum absolute atomic E-state index is 0.0853. The van der Waals surface area contributed by atoms with Crippen LogP contribution in [0.15, 0.2) is 200 Å². The van der Waals surface area contributed by atoms with Crippen molar-refractivity contribution in [1.29, 1.82) is 0 Å². The summed E-state index contributed by atoms with van der Waals surface area (Å²) < 4.78 is 175. The van der Waals surface area contributed by atoms with Gasteiger partial charge in [-0.05, 0) is 58.5 Å². The molecule has 0 aliphatic rings. The average Bonchev–Trinajstić information content (AvgIpc) is 3.98. The van der Waals surface area contributed by atoms with E-state index in [2.05, 4.69) is 0 Å². The predicted octanol–water partition coefficient (Wildman–Crippen LogP) is 12.7. The van der Waals surface area contributed by atoms with Crippen LogP contribution in [0.25, 0.3) is 100 Å². The van der Waals surface area contributed by atoms with Crippen LogP contribution in [0.3, 0.4) is 0 Å². The van der Waals surface area contributed by atoms with Crippen molar-refractivity contribution in [2.75, 3.05) is 0 Å². The highest BCUT2D eigenvalue weighted by Crippen LogP contribution is 2.40. The van der Waals surface area contributed by atoms with E-state index in [1.807, 2.05) is 42.5 Å². The molecule has 0 radical (unpaired) electrons. The zero-order valence-electron chi connectivity index (χ0n) is 47.8. The summed E-state index contributed by atoms with van der Waals surface area (Å²) in [6, 6.07) is 10.7. The van der Waals surface area contributed by atoms with E-state index in [1.54, 1.807) is 42.5 Å². The molecule has 262 valence electrons. The first-order chi connectivity index (χ1) is 35.7. The fraction of sp³-hybridized carbons (Fsp3) is 0. The molecule has 56 heavy (non-hydrogen) atoms. The standard InChI is InChI=1S/C51H33N5/c1-4-15-34(16-5-1)36-27-29-38(30-28-36)50-52-49(37-19-8-3-9-20-37)53-51(54-50)56-46-26-13-11-24-42(46)44-32-43-41-23-10-12-25-45(41)55(47(43)33-48(44)56)40-22-14-21-39(31-40)35-17-6-2-7-18-35/h1-33H/i2D,6D,7D,10D,11D,12D,13D,14D,17D,18D,21D,22D,23D,24D,25D,26D,31D,32D,33D. The van der Waals surface area contributed by atoms with Crippen LogP contribution in [-0.2, 0) is 0 Å². The van der Waals surface area contributed by atoms with Gasteiger partial charge in [-0.3, -0.25) is 4.57 Å². The summed E-state index contributed by atoms with van der Waals surface area (Å²) in [5.41, 5.74) is -0.972. The number of rotatable bonds is 6. The zero-order chi connectivity index (χ0) is 53.5. The van der Waals surface area contributed by atoms with Crippen molar-refractivity contribution < 1.29 is 26.0 Å². The van der Waals surface area contributed by atoms with E-state index < -0.39 is 153 Å². The number of para-hydroxylation sites is 2. The molecule has 11 rings (SSSR count). The first-order valence-corrected chi connectivity index (χ1v) is 17.3. The smallest absolute Gasteiger partial charge is 0.238 e. The Bertz CT molecular complexity index is 4300. The molecule has 0 aliphatic carbocycles. The van der Waals surface area contributed by atoms with Crippen molar-refractivity contribution in [3.8, 4) is 56.7 Å². The first-order valence-electron chi connectivity index (χ1n) is 26.8. The van der Waals surface area contributed by atoms with Gasteiger partial charge in [0.25, 0.3) is 0 Å². The lowest BCUT2D eigenvalue weighted by Gasteiger charge is -2.12. The molecule has 0 amide bonds. The molecule has 8 aromatic carbocycles. The average molecular weight is 735 g/mol. The molecule has 0 aliphatic heterocycles. The molecule has 0 fully saturated rings. The molecule has 5 heteroatoms. The highest BCUT2D eigenvalue weighted by atomic mass is 15.2. The highest BCUT2D eigenvalue weighted by Gasteiger charge is 2.21. The van der Waals surface area contributed by atoms with E-state index in [9.17, 15) is 11.0 Å². The Morgan fingerprint density at radius 2 is 0.857 bits per heavy atom. The van der Waals surface area contributed by atoms with Gasteiger partial charge in [0, 0.05) is 38.4 Å². The van der Waals surface area contributed by atoms with Crippen LogP contribution < -0.4 is 0 Å². The van der Waals surface area contributed by atoms with Gasteiger partial charge in [-0.1, -0.05) is 163 Å². The number of hydrogen-bond acceptors (Lipinski definition) is 3. The Kier molecular flexibility index (Phi) is 4.22. The minimum Gasteiger partial charge on any atom is -0.309 e. The van der Waals surface area contributed by atoms with E-state index in [4.69, 9.17) is 30.0 Å². The summed E-state index contributed by atoms with van der Waals surface area (Å²) >= 11 is 0. The minimum atomic E-state index is -0.932. The Morgan fingerprint density at radius 3 is 1.54 bits per heavy atom. The van der Waals surface area contributed by atoms with E-state index in [0.717, 1.165) is 15.7 Å². The second kappa shape index (κ2) is 13.0. The summed E-state index contributed by atoms with van der Waals surface area (Å²) in [5, 5.41) is -1.40. The van der Waals surface area contributed by atoms with Gasteiger partial charge in [0.15, 0.2) is 11.6 Å². The van der Waals surface area contributed by atoms with Crippen LogP contribution in [0.2, 0.25) is 0 Å². The van der Waals surface area contributed by atoms with Crippen LogP contribution in [-0.4, -0.2) is 24.1 Å². The maximum atomic E-state index is 10.3. The van der Waals surface area contributed by atoms with Crippen LogP contribution >= 0.6 is 0 Å². The molecular weight excluding hydrogens is 683 g/mol. The summed E-state index contributed by atoms with van der Waals surface area (Å²) in [7, 11) is 0. The molecule has 11 aromatic rings. The molecule has 5 nitrogen and oxygen atoms in total. The van der Waals surface area contributed by atoms with Gasteiger partial charge in [-0.2, -0.15) is 9.97 Å². The molecule has 0 saturated heterocycles. The summed E-state index contributed by atoms with van der Waals surface area (Å²) in [6.07, 6.45) is 0. The van der Waals surface area contributed by atoms with Crippen molar-refractivity contribution in [1.82, 2.24) is 24.1 Å². The number of aromatic nitrogens is 5. The van der Waals surface area contributed by atoms with Crippen LogP contribution in [0.1, 0.15) is 26.0 Å². The van der Waals surface area contributed by atoms with E-state index in [-0.39, 0.29) is 39.4 Å². The topological polar surface area (TPSA) is 48.5 Å². The molecule has 3 heterocycles. The molecule has 0 bridgehead atoms. The summed E-state index contributed by atoms with van der Waals surface area (Å²) in [5.74, 6) is -0.124. The second-order valence-corrected chi connectivity index (χ2v) is 12.6. The fourth-order valence-electron chi connectivity index (χ4n) is 6.83. The third-order valence-corrected chi connectivity index (χ3v) is 9.38. The SMILES string of the molecule is [2H]c1c([2H])c([2H])c(-c2c([2H])c([2H])c([2H])c(-n3c4c([2H])c([2H])c([2H])c([2H])c4c4c([2H])c5c6c([2H])c([2H])c([2H])c([2H])c6n(-c6nc(-c7ccccc7)nc(-c7ccc(-c8ccccc8)cc7)n6)c5c([2H])c43)c2[2H])c([2H])c1[2H]. The summed E-state index contributed by atoms with van der Waals surface area (Å²) in [4.78, 5) is 14.6. The van der Waals surface area contributed by atoms with Crippen molar-refractivity contribution >= 4 is 43.6 Å². The van der Waals surface area contributed by atoms with Gasteiger partial charge in [0.2, 0.25) is 5.95 Å². The lowest BCUT2D eigenvalue weighted by atomic mass is 10.0. The first kappa shape index (κ1) is 18.1. The number of benzene rings is 8. The van der Waals surface area contributed by atoms with Crippen molar-refractivity contribution in [3.63, 3.8) is 0 Å². The maximum absolute atomic E-state index is 10.3. The maximum Gasteiger partial charge on any atom is 0.238 e. The van der Waals surface area contributed by atoms with E-state index >= 15 is 0 Å². The third-order valence-electron chi connectivity index (χ3n) is 9.38. The van der Waals surface area contributed by atoms with Crippen LogP contribution in [0, 0.1) is 0 Å². The Balaban J connectivity index is 1.35. The Morgan fingerprint density at radius 1 is 0.339 bits per heavy atom. The lowest BCUT2D eigenvalue weighted by molar-refractivity contribution is 0.953. The number of fused-ring (bicyclic) bond motifs is 6. The van der Waals surface area contributed by atoms with Crippen LogP contribution in [0.4, 0.5) is 0 Å². The molecule has 0 saturated carbocycles. The zero-order valence-corrected chi connectivity index (χ0v) is 28.8. The molecule has 0 atom stereocenters. The Hall–Kier alpha value is -7.63. The highest BCUT2D eigenvalue weighted by molar-refractivity contribution is 6.19. The molecule has 0 unspecified atom stereocenters. The molecule has 3 aromatic heterocycles. The van der Waals surface area contributed by atoms with Gasteiger partial charge in [-0.15, -0.1) is 0 Å². The number of nitrogens with zero attached hydrogens (tertiary/aromatic N) is 5. The predicted molar refractivity (Wildman–Crippen MR) is 230 cm³/mol. The Labute approximate surface area is 350 Å². The van der Waals surface area contributed by atoms with Crippen molar-refractivity contribution in [2.24, 2.45) is 0 Å². The van der Waals surface area contributed by atoms with E-state index in [1.165, 1.54) is 4.57 Å². The fourth-order valence-corrected chi connectivity index (χ4v) is 6.83. The number of hydrogen-bond donors (Lipinski definition) is 0. The quantitative estimate of drug-likeness (QED) is 0.171. The monoisotopic (exact) mass is 734 g/mol. The van der Waals surface area contributed by atoms with Gasteiger partial charge >= 0.3 is 0 Å². The van der Waals surface area contributed by atoms with Gasteiger partial charge in [0.1, 0.15) is 0 Å². The van der Waals surface area contributed by atoms with Gasteiger partial charge in [0.05, 0.1) is 48.1 Å². The van der Waals surface area contributed by atoms with Gasteiger partial charge < -0.3 is 4.57 Å². The van der Waals surface area contributed by atoms with Crippen molar-refractivity contribution in [3.05, 3.63) is 200 Å². The third kappa shape index (κ3) is 5.29. The summed E-state index contributed by atoms with van der Waals surface area (Å²) in [6.45, 7) is 0. The van der Waals surface area contributed by atoms with Crippen LogP contribution in [0.5, 0.6) is 0 Å². The molecular formula is C51H33N5. The normalized spacial score (nSPS) is 16.3. The van der Waals surface area contributed by atoms with Crippen molar-refractivity contribution in [2.45, 2.75) is 0 Å². The molecule has 0 N–H and O–H groups in total. The lowest BCUT2D eigenvalue weighted by Crippen LogP contribution is -2.06. The molecule has 0 spiro atoms. The van der Waals surface area contributed by atoms with E-state index in [0.29, 0.717) is 11.1 Å². The second-order valence-electron chi connectivity index (χ2n) is 12.6. The largest absolute Gasteiger partial charge is 0.309 e.